The molecular formula is C16H13Cl5N5O5. The number of aromatic amines is 1. The van der Waals surface area contributed by atoms with Crippen molar-refractivity contribution in [2.75, 3.05) is 17.2 Å². The van der Waals surface area contributed by atoms with E-state index in [1.807, 2.05) is 0 Å². The van der Waals surface area contributed by atoms with E-state index in [-0.39, 0.29) is 54.7 Å². The second-order valence-corrected chi connectivity index (χ2v) is 8.51. The highest BCUT2D eigenvalue weighted by atomic mass is 35.5. The number of benzene rings is 1. The van der Waals surface area contributed by atoms with Crippen molar-refractivity contribution in [1.29, 1.82) is 0 Å². The first-order valence-corrected chi connectivity index (χ1v) is 10.5. The number of nitrogens with one attached hydrogen (secondary N) is 1. The van der Waals surface area contributed by atoms with Crippen LogP contribution < -0.4 is 26.2 Å². The van der Waals surface area contributed by atoms with Crippen LogP contribution in [0.1, 0.15) is 6.42 Å². The molecule has 3 heterocycles. The van der Waals surface area contributed by atoms with E-state index < -0.39 is 37.0 Å². The van der Waals surface area contributed by atoms with E-state index in [2.05, 4.69) is 15.3 Å². The first-order chi connectivity index (χ1) is 14.6. The zero-order chi connectivity index (χ0) is 22.6. The summed E-state index contributed by atoms with van der Waals surface area (Å²) in [6, 6.07) is 0. The fourth-order valence-corrected chi connectivity index (χ4v) is 4.46. The number of hydrogen-bond acceptors (Lipinski definition) is 8. The molecule has 0 saturated carbocycles. The molecule has 5 N–H and O–H groups in total. The number of H-pyrrole nitrogens is 1. The van der Waals surface area contributed by atoms with Gasteiger partial charge in [0.2, 0.25) is 5.95 Å². The first-order valence-electron chi connectivity index (χ1n) is 8.65. The predicted octanol–water partition coefficient (Wildman–Crippen LogP) is 2.51. The third-order valence-electron chi connectivity index (χ3n) is 4.70. The number of ether oxygens (including phenoxy) is 2. The molecule has 0 amide bonds. The van der Waals surface area contributed by atoms with Crippen LogP contribution in [0.25, 0.3) is 0 Å². The van der Waals surface area contributed by atoms with Crippen LogP contribution in [0.2, 0.25) is 25.1 Å². The SMILES string of the molecule is Nc1nc2c(c(=O)[nH]1)[N]C(Oc1c(Cl)c(Cl)c(Cl)c(Cl)c1Cl)N2[C@H]1C[C@H](O)[C@@H](CO)O1. The van der Waals surface area contributed by atoms with Crippen LogP contribution in [0, 0.1) is 0 Å². The Bertz CT molecular complexity index is 1070. The van der Waals surface area contributed by atoms with Gasteiger partial charge in [0.05, 0.1) is 27.8 Å². The van der Waals surface area contributed by atoms with E-state index in [0.717, 1.165) is 0 Å². The molecule has 10 nitrogen and oxygen atoms in total. The molecule has 31 heavy (non-hydrogen) atoms. The Hall–Kier alpha value is -1.37. The molecule has 167 valence electrons. The van der Waals surface area contributed by atoms with Crippen molar-refractivity contribution >= 4 is 75.5 Å². The highest BCUT2D eigenvalue weighted by molar-refractivity contribution is 6.55. The second-order valence-electron chi connectivity index (χ2n) is 6.62. The third kappa shape index (κ3) is 3.85. The monoisotopic (exact) mass is 530 g/mol. The molecule has 2 aliphatic rings. The molecule has 1 unspecified atom stereocenters. The molecule has 2 aromatic rings. The molecule has 4 rings (SSSR count). The van der Waals surface area contributed by atoms with Gasteiger partial charge in [-0.25, -0.2) is 5.32 Å². The molecule has 1 radical (unpaired) electrons. The standard InChI is InChI=1S/C16H13Cl5N5O5/c17-6-7(18)9(20)12(10(21)8(6)19)31-16-23-11-13(24-15(22)25-14(11)29)26(16)5-1-3(28)4(2-27)30-5/h3-5,16,27-28H,1-2H2,(H3,22,24,25,29)/t3-,4+,5+,16?/m0/s1. The average Bonchev–Trinajstić information content (AvgIpc) is 3.27. The van der Waals surface area contributed by atoms with E-state index in [9.17, 15) is 15.0 Å². The maximum Gasteiger partial charge on any atom is 0.280 e. The van der Waals surface area contributed by atoms with Gasteiger partial charge < -0.3 is 25.4 Å². The molecular weight excluding hydrogens is 519 g/mol. The number of rotatable bonds is 4. The smallest absolute Gasteiger partial charge is 0.280 e. The minimum Gasteiger partial charge on any atom is -0.447 e. The number of nitrogens with zero attached hydrogens (tertiary/aromatic N) is 3. The van der Waals surface area contributed by atoms with Crippen LogP contribution >= 0.6 is 58.0 Å². The Kier molecular flexibility index (Phi) is 6.27. The maximum atomic E-state index is 12.4. The van der Waals surface area contributed by atoms with Crippen molar-refractivity contribution in [1.82, 2.24) is 15.3 Å². The lowest BCUT2D eigenvalue weighted by Gasteiger charge is -2.30. The van der Waals surface area contributed by atoms with Crippen molar-refractivity contribution in [3.8, 4) is 5.75 Å². The van der Waals surface area contributed by atoms with Gasteiger partial charge in [0.25, 0.3) is 11.9 Å². The molecule has 0 bridgehead atoms. The molecule has 4 atom stereocenters. The van der Waals surface area contributed by atoms with Gasteiger partial charge in [-0.05, 0) is 0 Å². The quantitative estimate of drug-likeness (QED) is 0.347. The van der Waals surface area contributed by atoms with Crippen LogP contribution in [-0.4, -0.2) is 51.6 Å². The van der Waals surface area contributed by atoms with Gasteiger partial charge in [-0.3, -0.25) is 14.7 Å². The molecule has 2 aliphatic heterocycles. The molecule has 15 heteroatoms. The summed E-state index contributed by atoms with van der Waals surface area (Å²) in [6.07, 6.45) is -3.95. The minimum absolute atomic E-state index is 0.0421. The highest BCUT2D eigenvalue weighted by Crippen LogP contribution is 2.49. The predicted molar refractivity (Wildman–Crippen MR) is 116 cm³/mol. The Labute approximate surface area is 199 Å². The Morgan fingerprint density at radius 1 is 1.16 bits per heavy atom. The topological polar surface area (TPSA) is 148 Å². The van der Waals surface area contributed by atoms with Crippen LogP contribution in [0.5, 0.6) is 5.75 Å². The number of halogens is 5. The second kappa shape index (κ2) is 8.53. The molecule has 0 spiro atoms. The third-order valence-corrected chi connectivity index (χ3v) is 6.95. The summed E-state index contributed by atoms with van der Waals surface area (Å²) in [6.45, 7) is -0.425. The van der Waals surface area contributed by atoms with Crippen molar-refractivity contribution in [2.24, 2.45) is 0 Å². The molecule has 1 saturated heterocycles. The number of aromatic nitrogens is 2. The van der Waals surface area contributed by atoms with Gasteiger partial charge in [-0.1, -0.05) is 58.0 Å². The van der Waals surface area contributed by atoms with E-state index in [1.165, 1.54) is 4.90 Å². The maximum absolute atomic E-state index is 12.4. The number of nitrogens with two attached hydrogens (primary N) is 1. The number of nitrogen functional groups attached to an aromatic ring is 1. The van der Waals surface area contributed by atoms with Gasteiger partial charge in [0, 0.05) is 6.42 Å². The van der Waals surface area contributed by atoms with Gasteiger partial charge in [-0.2, -0.15) is 4.98 Å². The van der Waals surface area contributed by atoms with Gasteiger partial charge in [0.15, 0.2) is 17.3 Å². The van der Waals surface area contributed by atoms with Crippen molar-refractivity contribution in [3.63, 3.8) is 0 Å². The van der Waals surface area contributed by atoms with Crippen LogP contribution in [0.4, 0.5) is 17.5 Å². The fourth-order valence-electron chi connectivity index (χ4n) is 3.25. The minimum atomic E-state index is -1.27. The summed E-state index contributed by atoms with van der Waals surface area (Å²) in [5.41, 5.74) is 4.96. The highest BCUT2D eigenvalue weighted by Gasteiger charge is 2.47. The fraction of sp³-hybridized carbons (Fsp3) is 0.375. The van der Waals surface area contributed by atoms with Gasteiger partial charge in [-0.15, -0.1) is 0 Å². The largest absolute Gasteiger partial charge is 0.447 e. The summed E-state index contributed by atoms with van der Waals surface area (Å²) in [5.74, 6) is -0.271. The van der Waals surface area contributed by atoms with Crippen molar-refractivity contribution in [2.45, 2.75) is 31.2 Å². The summed E-state index contributed by atoms with van der Waals surface area (Å²) >= 11 is 30.7. The van der Waals surface area contributed by atoms with Gasteiger partial charge in [0.1, 0.15) is 22.4 Å². The zero-order valence-corrected chi connectivity index (χ0v) is 18.9. The van der Waals surface area contributed by atoms with Crippen molar-refractivity contribution < 1.29 is 19.7 Å². The van der Waals surface area contributed by atoms with Crippen LogP contribution in [-0.2, 0) is 4.74 Å². The lowest BCUT2D eigenvalue weighted by Crippen LogP contribution is -2.47. The zero-order valence-electron chi connectivity index (χ0n) is 15.2. The summed E-state index contributed by atoms with van der Waals surface area (Å²) < 4.78 is 11.6. The number of fused-ring (bicyclic) bond motifs is 1. The van der Waals surface area contributed by atoms with E-state index in [4.69, 9.17) is 73.2 Å². The normalized spacial score (nSPS) is 24.9. The number of aliphatic hydroxyl groups is 2. The summed E-state index contributed by atoms with van der Waals surface area (Å²) in [5, 5.41) is 23.3. The van der Waals surface area contributed by atoms with Crippen LogP contribution in [0.3, 0.4) is 0 Å². The van der Waals surface area contributed by atoms with E-state index >= 15 is 0 Å². The molecule has 1 aromatic heterocycles. The lowest BCUT2D eigenvalue weighted by molar-refractivity contribution is -0.0309. The number of anilines is 2. The van der Waals surface area contributed by atoms with Gasteiger partial charge >= 0.3 is 0 Å². The average molecular weight is 533 g/mol. The molecule has 1 aromatic carbocycles. The van der Waals surface area contributed by atoms with E-state index in [1.54, 1.807) is 0 Å². The first kappa shape index (κ1) is 22.8. The van der Waals surface area contributed by atoms with Crippen LogP contribution in [0.15, 0.2) is 4.79 Å². The lowest BCUT2D eigenvalue weighted by atomic mass is 10.2. The summed E-state index contributed by atoms with van der Waals surface area (Å²) in [7, 11) is 0. The Balaban J connectivity index is 1.77. The summed E-state index contributed by atoms with van der Waals surface area (Å²) in [4.78, 5) is 20.2. The Morgan fingerprint density at radius 3 is 2.35 bits per heavy atom. The number of hydrogen-bond donors (Lipinski definition) is 4. The number of aliphatic hydroxyl groups excluding tert-OH is 2. The van der Waals surface area contributed by atoms with Crippen molar-refractivity contribution in [3.05, 3.63) is 35.5 Å². The van der Waals surface area contributed by atoms with E-state index in [0.29, 0.717) is 0 Å². The molecule has 0 aliphatic carbocycles. The Morgan fingerprint density at radius 2 is 1.77 bits per heavy atom. The molecule has 1 fully saturated rings.